The third-order valence-corrected chi connectivity index (χ3v) is 2.67. The van der Waals surface area contributed by atoms with E-state index in [2.05, 4.69) is 4.98 Å². The van der Waals surface area contributed by atoms with Gasteiger partial charge in [-0.25, -0.2) is 4.98 Å². The van der Waals surface area contributed by atoms with Gasteiger partial charge < -0.3 is 4.74 Å². The quantitative estimate of drug-likeness (QED) is 0.618. The molecular formula is C13H10ClNO2. The standard InChI is InChI=1S/C13H10ClNO2/c1-17-12-7-11(9-5-3-2-4-6-9)15-13(14)10(12)8-16/h2-8H,1H3. The number of hydrogen-bond acceptors (Lipinski definition) is 3. The van der Waals surface area contributed by atoms with E-state index in [-0.39, 0.29) is 10.7 Å². The summed E-state index contributed by atoms with van der Waals surface area (Å²) in [5.41, 5.74) is 1.87. The number of halogens is 1. The molecule has 2 rings (SSSR count). The van der Waals surface area contributed by atoms with Gasteiger partial charge in [0.05, 0.1) is 18.4 Å². The molecule has 0 unspecified atom stereocenters. The van der Waals surface area contributed by atoms with E-state index in [0.717, 1.165) is 5.56 Å². The highest BCUT2D eigenvalue weighted by atomic mass is 35.5. The molecule has 1 aromatic heterocycles. The third-order valence-electron chi connectivity index (χ3n) is 2.38. The Hall–Kier alpha value is -1.87. The number of methoxy groups -OCH3 is 1. The monoisotopic (exact) mass is 247 g/mol. The maximum Gasteiger partial charge on any atom is 0.156 e. The Labute approximate surface area is 104 Å². The molecule has 0 N–H and O–H groups in total. The van der Waals surface area contributed by atoms with E-state index < -0.39 is 0 Å². The summed E-state index contributed by atoms with van der Waals surface area (Å²) in [5, 5.41) is 0.151. The lowest BCUT2D eigenvalue weighted by atomic mass is 10.1. The van der Waals surface area contributed by atoms with Gasteiger partial charge in [0.2, 0.25) is 0 Å². The summed E-state index contributed by atoms with van der Waals surface area (Å²) in [6, 6.07) is 11.3. The number of hydrogen-bond donors (Lipinski definition) is 0. The molecule has 0 fully saturated rings. The smallest absolute Gasteiger partial charge is 0.156 e. The number of carbonyl (C=O) groups excluding carboxylic acids is 1. The van der Waals surface area contributed by atoms with Crippen LogP contribution in [0.25, 0.3) is 11.3 Å². The largest absolute Gasteiger partial charge is 0.496 e. The minimum Gasteiger partial charge on any atom is -0.496 e. The van der Waals surface area contributed by atoms with Crippen LogP contribution < -0.4 is 4.74 Å². The molecule has 1 aromatic carbocycles. The number of pyridine rings is 1. The summed E-state index contributed by atoms with van der Waals surface area (Å²) in [6.07, 6.45) is 0.642. The van der Waals surface area contributed by atoms with E-state index in [1.807, 2.05) is 30.3 Å². The molecule has 0 aliphatic heterocycles. The van der Waals surface area contributed by atoms with Crippen LogP contribution in [0.3, 0.4) is 0 Å². The average molecular weight is 248 g/mol. The van der Waals surface area contributed by atoms with Crippen molar-refractivity contribution in [2.75, 3.05) is 7.11 Å². The molecule has 1 heterocycles. The number of rotatable bonds is 3. The van der Waals surface area contributed by atoms with Crippen molar-refractivity contribution in [3.8, 4) is 17.0 Å². The summed E-state index contributed by atoms with van der Waals surface area (Å²) < 4.78 is 5.12. The van der Waals surface area contributed by atoms with Crippen LogP contribution >= 0.6 is 11.6 Å². The van der Waals surface area contributed by atoms with E-state index in [9.17, 15) is 4.79 Å². The van der Waals surface area contributed by atoms with E-state index in [0.29, 0.717) is 17.7 Å². The second-order valence-corrected chi connectivity index (χ2v) is 3.76. The summed E-state index contributed by atoms with van der Waals surface area (Å²) >= 11 is 5.94. The van der Waals surface area contributed by atoms with E-state index in [4.69, 9.17) is 16.3 Å². The maximum absolute atomic E-state index is 10.9. The molecule has 3 nitrogen and oxygen atoms in total. The van der Waals surface area contributed by atoms with E-state index in [1.54, 1.807) is 6.07 Å². The van der Waals surface area contributed by atoms with Gasteiger partial charge in [-0.05, 0) is 0 Å². The molecule has 0 radical (unpaired) electrons. The zero-order chi connectivity index (χ0) is 12.3. The predicted octanol–water partition coefficient (Wildman–Crippen LogP) is 3.22. The van der Waals surface area contributed by atoms with Crippen molar-refractivity contribution in [1.29, 1.82) is 0 Å². The van der Waals surface area contributed by atoms with Crippen molar-refractivity contribution in [2.24, 2.45) is 0 Å². The lowest BCUT2D eigenvalue weighted by Crippen LogP contribution is -1.96. The molecule has 0 amide bonds. The van der Waals surface area contributed by atoms with Crippen LogP contribution in [0.1, 0.15) is 10.4 Å². The number of carbonyl (C=O) groups is 1. The SMILES string of the molecule is COc1cc(-c2ccccc2)nc(Cl)c1C=O. The van der Waals surface area contributed by atoms with Crippen LogP contribution in [-0.2, 0) is 0 Å². The van der Waals surface area contributed by atoms with Crippen molar-refractivity contribution < 1.29 is 9.53 Å². The van der Waals surface area contributed by atoms with Crippen LogP contribution in [0.2, 0.25) is 5.15 Å². The van der Waals surface area contributed by atoms with Crippen molar-refractivity contribution in [1.82, 2.24) is 4.98 Å². The molecule has 2 aromatic rings. The fraction of sp³-hybridized carbons (Fsp3) is 0.0769. The second kappa shape index (κ2) is 4.97. The second-order valence-electron chi connectivity index (χ2n) is 3.40. The summed E-state index contributed by atoms with van der Waals surface area (Å²) in [5.74, 6) is 0.429. The Morgan fingerprint density at radius 1 is 1.29 bits per heavy atom. The van der Waals surface area contributed by atoms with Gasteiger partial charge in [0.1, 0.15) is 10.9 Å². The van der Waals surface area contributed by atoms with E-state index >= 15 is 0 Å². The lowest BCUT2D eigenvalue weighted by Gasteiger charge is -2.08. The first-order valence-corrected chi connectivity index (χ1v) is 5.39. The van der Waals surface area contributed by atoms with Gasteiger partial charge in [-0.2, -0.15) is 0 Å². The molecule has 0 bridgehead atoms. The normalized spacial score (nSPS) is 10.0. The number of aromatic nitrogens is 1. The molecule has 0 aliphatic rings. The summed E-state index contributed by atoms with van der Waals surface area (Å²) in [4.78, 5) is 15.0. The first-order valence-electron chi connectivity index (χ1n) is 5.01. The van der Waals surface area contributed by atoms with Gasteiger partial charge in [-0.15, -0.1) is 0 Å². The summed E-state index contributed by atoms with van der Waals surface area (Å²) in [6.45, 7) is 0. The van der Waals surface area contributed by atoms with Crippen LogP contribution in [0.5, 0.6) is 5.75 Å². The fourth-order valence-corrected chi connectivity index (χ4v) is 1.76. The van der Waals surface area contributed by atoms with E-state index in [1.165, 1.54) is 7.11 Å². The molecule has 0 spiro atoms. The number of aldehydes is 1. The summed E-state index contributed by atoms with van der Waals surface area (Å²) in [7, 11) is 1.49. The molecule has 0 saturated carbocycles. The van der Waals surface area contributed by atoms with Gasteiger partial charge in [0.25, 0.3) is 0 Å². The van der Waals surface area contributed by atoms with Crippen molar-refractivity contribution in [2.45, 2.75) is 0 Å². The Morgan fingerprint density at radius 3 is 2.59 bits per heavy atom. The highest BCUT2D eigenvalue weighted by Gasteiger charge is 2.11. The van der Waals surface area contributed by atoms with Gasteiger partial charge in [0, 0.05) is 11.6 Å². The Kier molecular flexibility index (Phi) is 3.40. The van der Waals surface area contributed by atoms with Crippen molar-refractivity contribution in [3.05, 3.63) is 47.1 Å². The van der Waals surface area contributed by atoms with Gasteiger partial charge >= 0.3 is 0 Å². The Bertz CT molecular complexity index is 541. The minimum absolute atomic E-state index is 0.151. The van der Waals surface area contributed by atoms with Crippen LogP contribution in [-0.4, -0.2) is 18.4 Å². The Morgan fingerprint density at radius 2 is 2.00 bits per heavy atom. The lowest BCUT2D eigenvalue weighted by molar-refractivity contribution is 0.112. The van der Waals surface area contributed by atoms with Crippen molar-refractivity contribution in [3.63, 3.8) is 0 Å². The topological polar surface area (TPSA) is 39.2 Å². The minimum atomic E-state index is 0.151. The molecule has 4 heteroatoms. The highest BCUT2D eigenvalue weighted by Crippen LogP contribution is 2.29. The first-order chi connectivity index (χ1) is 8.26. The van der Waals surface area contributed by atoms with Gasteiger partial charge in [-0.3, -0.25) is 4.79 Å². The van der Waals surface area contributed by atoms with Crippen LogP contribution in [0.4, 0.5) is 0 Å². The molecule has 0 aliphatic carbocycles. The van der Waals surface area contributed by atoms with Crippen LogP contribution in [0, 0.1) is 0 Å². The van der Waals surface area contributed by atoms with Crippen LogP contribution in [0.15, 0.2) is 36.4 Å². The molecular weight excluding hydrogens is 238 g/mol. The number of ether oxygens (including phenoxy) is 1. The molecule has 0 saturated heterocycles. The van der Waals surface area contributed by atoms with Gasteiger partial charge in [0.15, 0.2) is 6.29 Å². The van der Waals surface area contributed by atoms with Crippen molar-refractivity contribution >= 4 is 17.9 Å². The molecule has 17 heavy (non-hydrogen) atoms. The third kappa shape index (κ3) is 2.29. The molecule has 86 valence electrons. The maximum atomic E-state index is 10.9. The first kappa shape index (κ1) is 11.6. The zero-order valence-corrected chi connectivity index (χ0v) is 9.94. The highest BCUT2D eigenvalue weighted by molar-refractivity contribution is 6.32. The fourth-order valence-electron chi connectivity index (χ4n) is 1.53. The predicted molar refractivity (Wildman–Crippen MR) is 66.6 cm³/mol. The zero-order valence-electron chi connectivity index (χ0n) is 9.18. The number of benzene rings is 1. The van der Waals surface area contributed by atoms with Gasteiger partial charge in [-0.1, -0.05) is 41.9 Å². The average Bonchev–Trinajstić information content (AvgIpc) is 2.38. The Balaban J connectivity index is 2.58. The molecule has 0 atom stereocenters. The number of nitrogens with zero attached hydrogens (tertiary/aromatic N) is 1.